The number of benzene rings is 1. The van der Waals surface area contributed by atoms with Gasteiger partial charge in [0.25, 0.3) is 11.8 Å². The van der Waals surface area contributed by atoms with Gasteiger partial charge in [-0.2, -0.15) is 0 Å². The summed E-state index contributed by atoms with van der Waals surface area (Å²) in [7, 11) is 0. The van der Waals surface area contributed by atoms with Crippen molar-refractivity contribution in [3.05, 3.63) is 77.1 Å². The Labute approximate surface area is 363 Å². The van der Waals surface area contributed by atoms with Gasteiger partial charge in [-0.05, 0) is 165 Å². The number of pyridine rings is 1. The predicted molar refractivity (Wildman–Crippen MR) is 237 cm³/mol. The molecule has 7 rings (SSSR count). The van der Waals surface area contributed by atoms with Gasteiger partial charge in [-0.15, -0.1) is 0 Å². The fourth-order valence-corrected chi connectivity index (χ4v) is 14.6. The summed E-state index contributed by atoms with van der Waals surface area (Å²) in [4.78, 5) is 56.4. The Balaban J connectivity index is 0.983. The van der Waals surface area contributed by atoms with E-state index in [1.165, 1.54) is 31.0 Å². The molecule has 5 N–H and O–H groups in total. The normalized spacial score (nSPS) is 35.4. The number of aliphatic hydroxyl groups excluding tert-OH is 1. The average molecular weight is 837 g/mol. The van der Waals surface area contributed by atoms with Crippen LogP contribution < -0.4 is 16.0 Å². The van der Waals surface area contributed by atoms with Crippen LogP contribution in [-0.4, -0.2) is 57.6 Å². The first-order chi connectivity index (χ1) is 28.7. The molecule has 0 saturated heterocycles. The molecule has 11 atom stereocenters. The number of nitrogens with zero attached hydrogens (tertiary/aromatic N) is 1. The lowest BCUT2D eigenvalue weighted by molar-refractivity contribution is -0.246. The minimum Gasteiger partial charge on any atom is -0.480 e. The molecule has 0 radical (unpaired) electrons. The first-order valence-corrected chi connectivity index (χ1v) is 23.2. The first-order valence-electron chi connectivity index (χ1n) is 23.2. The van der Waals surface area contributed by atoms with Crippen LogP contribution in [0.4, 0.5) is 0 Å². The molecule has 0 aliphatic heterocycles. The van der Waals surface area contributed by atoms with Crippen LogP contribution in [0.15, 0.2) is 54.7 Å². The van der Waals surface area contributed by atoms with Crippen molar-refractivity contribution in [2.45, 2.75) is 145 Å². The lowest BCUT2D eigenvalue weighted by Gasteiger charge is -2.72. The zero-order valence-electron chi connectivity index (χ0n) is 38.0. The molecule has 1 heterocycles. The number of carbonyl (C=O) groups excluding carboxylic acids is 3. The van der Waals surface area contributed by atoms with E-state index in [-0.39, 0.29) is 63.5 Å². The maximum absolute atomic E-state index is 14.7. The van der Waals surface area contributed by atoms with Crippen molar-refractivity contribution in [3.8, 4) is 0 Å². The molecule has 5 aliphatic carbocycles. The summed E-state index contributed by atoms with van der Waals surface area (Å²) in [6.45, 7) is 23.2. The number of carboxylic acids is 1. The second-order valence-electron chi connectivity index (χ2n) is 21.7. The number of aliphatic carboxylic acids is 1. The summed E-state index contributed by atoms with van der Waals surface area (Å²) in [5.41, 5.74) is 3.55. The van der Waals surface area contributed by atoms with Crippen molar-refractivity contribution >= 4 is 23.7 Å². The monoisotopic (exact) mass is 837 g/mol. The maximum Gasteiger partial charge on any atom is 0.326 e. The smallest absolute Gasteiger partial charge is 0.326 e. The number of amides is 3. The van der Waals surface area contributed by atoms with E-state index in [0.29, 0.717) is 47.9 Å². The molecule has 10 heteroatoms. The fraction of sp³-hybridized carbons (Fsp3) is 0.667. The number of carboxylic acid groups (broad SMARTS) is 1. The van der Waals surface area contributed by atoms with Crippen LogP contribution in [0.2, 0.25) is 0 Å². The molecule has 5 aliphatic rings. The van der Waals surface area contributed by atoms with Gasteiger partial charge in [0.2, 0.25) is 5.91 Å². The third-order valence-corrected chi connectivity index (χ3v) is 18.1. The fourth-order valence-electron chi connectivity index (χ4n) is 14.6. The lowest BCUT2D eigenvalue weighted by atomic mass is 9.32. The summed E-state index contributed by atoms with van der Waals surface area (Å²) in [6, 6.07) is 9.70. The zero-order valence-corrected chi connectivity index (χ0v) is 38.0. The second-order valence-corrected chi connectivity index (χ2v) is 21.7. The highest BCUT2D eigenvalue weighted by Gasteiger charge is 2.71. The predicted octanol–water partition coefficient (Wildman–Crippen LogP) is 8.53. The number of carbonyl (C=O) groups is 4. The molecule has 10 nitrogen and oxygen atoms in total. The van der Waals surface area contributed by atoms with Gasteiger partial charge in [0.05, 0.1) is 29.3 Å². The molecule has 3 amide bonds. The Kier molecular flexibility index (Phi) is 12.2. The van der Waals surface area contributed by atoms with Crippen molar-refractivity contribution < 1.29 is 29.4 Å². The van der Waals surface area contributed by atoms with Gasteiger partial charge in [0.15, 0.2) is 0 Å². The molecule has 2 aromatic rings. The minimum absolute atomic E-state index is 0.0728. The summed E-state index contributed by atoms with van der Waals surface area (Å²) in [5, 5.41) is 29.4. The molecule has 332 valence electrons. The maximum atomic E-state index is 14.7. The number of fused-ring (bicyclic) bond motifs is 7. The second kappa shape index (κ2) is 16.6. The van der Waals surface area contributed by atoms with Crippen LogP contribution in [0.1, 0.15) is 152 Å². The van der Waals surface area contributed by atoms with Crippen molar-refractivity contribution in [2.75, 3.05) is 6.54 Å². The largest absolute Gasteiger partial charge is 0.480 e. The Morgan fingerprint density at radius 2 is 1.59 bits per heavy atom. The van der Waals surface area contributed by atoms with E-state index in [2.05, 4.69) is 69.1 Å². The molecule has 61 heavy (non-hydrogen) atoms. The van der Waals surface area contributed by atoms with E-state index < -0.39 is 23.3 Å². The number of hydrogen-bond donors (Lipinski definition) is 5. The number of hydrogen-bond acceptors (Lipinski definition) is 6. The highest BCUT2D eigenvalue weighted by atomic mass is 16.4. The van der Waals surface area contributed by atoms with E-state index in [1.54, 1.807) is 32.0 Å². The van der Waals surface area contributed by atoms with Crippen LogP contribution in [-0.2, 0) is 22.6 Å². The quantitative estimate of drug-likeness (QED) is 0.134. The van der Waals surface area contributed by atoms with E-state index in [4.69, 9.17) is 0 Å². The Hall–Kier alpha value is -4.05. The summed E-state index contributed by atoms with van der Waals surface area (Å²) >= 11 is 0. The van der Waals surface area contributed by atoms with Crippen LogP contribution >= 0.6 is 0 Å². The lowest BCUT2D eigenvalue weighted by Crippen LogP contribution is -2.67. The van der Waals surface area contributed by atoms with Gasteiger partial charge in [0.1, 0.15) is 6.04 Å². The number of allylic oxidation sites excluding steroid dienone is 1. The van der Waals surface area contributed by atoms with E-state index in [1.807, 2.05) is 18.2 Å². The Morgan fingerprint density at radius 1 is 0.836 bits per heavy atom. The highest BCUT2D eigenvalue weighted by Crippen LogP contribution is 2.77. The topological polar surface area (TPSA) is 158 Å². The third kappa shape index (κ3) is 7.64. The van der Waals surface area contributed by atoms with Gasteiger partial charge in [-0.25, -0.2) is 4.79 Å². The van der Waals surface area contributed by atoms with E-state index >= 15 is 0 Å². The van der Waals surface area contributed by atoms with E-state index in [0.717, 1.165) is 50.5 Å². The van der Waals surface area contributed by atoms with Gasteiger partial charge in [-0.3, -0.25) is 19.4 Å². The van der Waals surface area contributed by atoms with Crippen LogP contribution in [0, 0.1) is 62.6 Å². The van der Waals surface area contributed by atoms with Gasteiger partial charge >= 0.3 is 5.97 Å². The highest BCUT2D eigenvalue weighted by molar-refractivity contribution is 5.96. The molecular formula is C51H72N4O6. The van der Waals surface area contributed by atoms with Crippen LogP contribution in [0.5, 0.6) is 0 Å². The Morgan fingerprint density at radius 3 is 2.26 bits per heavy atom. The molecule has 1 aromatic heterocycles. The van der Waals surface area contributed by atoms with Crippen molar-refractivity contribution in [3.63, 3.8) is 0 Å². The molecule has 5 saturated carbocycles. The molecule has 5 fully saturated rings. The zero-order chi connectivity index (χ0) is 44.3. The number of aromatic nitrogens is 1. The number of nitrogens with one attached hydrogen (secondary N) is 3. The van der Waals surface area contributed by atoms with Crippen molar-refractivity contribution in [1.82, 2.24) is 20.9 Å². The number of rotatable bonds is 12. The Bertz CT molecular complexity index is 2030. The summed E-state index contributed by atoms with van der Waals surface area (Å²) in [5.74, 6) is 0.269. The van der Waals surface area contributed by atoms with Gasteiger partial charge < -0.3 is 26.2 Å². The summed E-state index contributed by atoms with van der Waals surface area (Å²) < 4.78 is 0. The van der Waals surface area contributed by atoms with E-state index in [9.17, 15) is 29.4 Å². The molecule has 0 bridgehead atoms. The minimum atomic E-state index is -1.10. The van der Waals surface area contributed by atoms with Crippen molar-refractivity contribution in [1.29, 1.82) is 0 Å². The molecule has 0 spiro atoms. The van der Waals surface area contributed by atoms with Gasteiger partial charge in [-0.1, -0.05) is 72.8 Å². The molecule has 4 unspecified atom stereocenters. The molecule has 1 aromatic carbocycles. The standard InChI is InChI=1S/C51H72N4O6/c1-30(2)36-17-23-51(25-24-49(8)37(41(36)51)15-16-39-48(7)21-19-40(56)47(5,6)38(48)18-22-50(39,49)9)46(61)52-26-20-32-11-10-12-33(27-32)43(57)54-29-35-14-13-34(28-53-35)44(58)55-42(31(3)4)45(59)60/h10-14,27-28,31,36-42,56H,1,15-26,29H2,2-9H3,(H,52,61)(H,54,57)(H,55,58)(H,59,60)/t36-,37?,38?,39?,40-,41?,42-,48-,49+,50+,51-/m0/s1. The van der Waals surface area contributed by atoms with Crippen LogP contribution in [0.25, 0.3) is 0 Å². The molecular weight excluding hydrogens is 765 g/mol. The van der Waals surface area contributed by atoms with Gasteiger partial charge in [0, 0.05) is 18.3 Å². The third-order valence-electron chi connectivity index (χ3n) is 18.1. The van der Waals surface area contributed by atoms with Crippen molar-refractivity contribution in [2.24, 2.45) is 62.6 Å². The van der Waals surface area contributed by atoms with Crippen LogP contribution in [0.3, 0.4) is 0 Å². The number of aliphatic hydroxyl groups is 1. The summed E-state index contributed by atoms with van der Waals surface area (Å²) in [6.07, 6.45) is 12.4. The average Bonchev–Trinajstić information content (AvgIpc) is 3.62. The SMILES string of the molecule is C=C(C)[C@@H]1CC[C@]2(C(=O)NCCc3cccc(C(=O)NCc4ccc(C(=O)N[C@H](C(=O)O)C(C)C)cn4)c3)CC[C@]3(C)C(CCC4[C@@]5(C)CC[C@H](O)C(C)(C)C5CC[C@]43C)C12. The first kappa shape index (κ1) is 45.0.